The summed E-state index contributed by atoms with van der Waals surface area (Å²) in [7, 11) is 0. The first-order chi connectivity index (χ1) is 14.0. The first-order valence-electron chi connectivity index (χ1n) is 10.1. The van der Waals surface area contributed by atoms with E-state index in [1.807, 2.05) is 0 Å². The number of carboxylic acids is 3. The van der Waals surface area contributed by atoms with Gasteiger partial charge in [0, 0.05) is 23.9 Å². The van der Waals surface area contributed by atoms with Gasteiger partial charge in [-0.2, -0.15) is 0 Å². The molecule has 0 fully saturated rings. The van der Waals surface area contributed by atoms with Gasteiger partial charge >= 0.3 is 17.9 Å². The van der Waals surface area contributed by atoms with Crippen LogP contribution in [0.1, 0.15) is 57.8 Å². The Labute approximate surface area is 201 Å². The second-order valence-corrected chi connectivity index (χ2v) is 6.69. The van der Waals surface area contributed by atoms with Crippen LogP contribution in [0, 0.1) is 0 Å². The van der Waals surface area contributed by atoms with Crippen LogP contribution in [-0.4, -0.2) is 94.9 Å². The molecule has 3 atom stereocenters. The Morgan fingerprint density at radius 2 is 0.710 bits per heavy atom. The summed E-state index contributed by atoms with van der Waals surface area (Å²) in [6.07, 6.45) is 6.49. The zero-order valence-corrected chi connectivity index (χ0v) is 21.1. The quantitative estimate of drug-likeness (QED) is 0.0797. The molecule has 0 unspecified atom stereocenters. The average molecular weight is 557 g/mol. The van der Waals surface area contributed by atoms with Crippen molar-refractivity contribution in [1.82, 2.24) is 0 Å². The average Bonchev–Trinajstić information content (AvgIpc) is 2.69. The topological polar surface area (TPSA) is 268 Å². The molecule has 0 saturated heterocycles. The molecule has 0 aliphatic carbocycles. The molecule has 0 aromatic carbocycles. The van der Waals surface area contributed by atoms with Gasteiger partial charge in [0.05, 0.1) is 0 Å². The van der Waals surface area contributed by atoms with E-state index in [1.54, 1.807) is 0 Å². The minimum atomic E-state index is -0.933. The molecule has 0 spiro atoms. The van der Waals surface area contributed by atoms with Crippen molar-refractivity contribution in [2.45, 2.75) is 75.9 Å². The van der Waals surface area contributed by atoms with E-state index < -0.39 is 36.0 Å². The van der Waals surface area contributed by atoms with Crippen LogP contribution >= 0.6 is 0 Å². The van der Waals surface area contributed by atoms with Gasteiger partial charge in [0.25, 0.3) is 0 Å². The zero-order chi connectivity index (χ0) is 23.9. The normalized spacial score (nSPS) is 12.6. The minimum absolute atomic E-state index is 0. The van der Waals surface area contributed by atoms with Gasteiger partial charge < -0.3 is 49.7 Å². The van der Waals surface area contributed by atoms with E-state index in [0.717, 1.165) is 38.5 Å². The molecule has 0 amide bonds. The van der Waals surface area contributed by atoms with Crippen molar-refractivity contribution in [2.75, 3.05) is 19.6 Å². The molecular weight excluding hydrogens is 515 g/mol. The summed E-state index contributed by atoms with van der Waals surface area (Å²) in [6, 6.07) is -2.15. The summed E-state index contributed by atoms with van der Waals surface area (Å²) in [4.78, 5) is 30.4. The van der Waals surface area contributed by atoms with Crippen LogP contribution in [-0.2, 0) is 14.4 Å². The third-order valence-electron chi connectivity index (χ3n) is 3.86. The number of unbranched alkanes of at least 4 members (excludes halogenated alkanes) is 3. The van der Waals surface area contributed by atoms with Crippen LogP contribution in [0.2, 0.25) is 0 Å². The molecular formula is C18H42N6O6Sn. The Morgan fingerprint density at radius 1 is 0.516 bits per heavy atom. The summed E-state index contributed by atoms with van der Waals surface area (Å²) in [5.74, 6) is -2.80. The molecule has 4 radical (unpaired) electrons. The number of aliphatic carboxylic acids is 3. The monoisotopic (exact) mass is 558 g/mol. The number of hydrogen-bond acceptors (Lipinski definition) is 9. The second kappa shape index (κ2) is 27.0. The summed E-state index contributed by atoms with van der Waals surface area (Å²) < 4.78 is 0. The molecule has 13 heteroatoms. The van der Waals surface area contributed by atoms with Gasteiger partial charge in [-0.05, 0) is 58.2 Å². The van der Waals surface area contributed by atoms with E-state index in [0.29, 0.717) is 38.9 Å². The van der Waals surface area contributed by atoms with Gasteiger partial charge in [-0.25, -0.2) is 0 Å². The third-order valence-corrected chi connectivity index (χ3v) is 3.86. The predicted molar refractivity (Wildman–Crippen MR) is 121 cm³/mol. The molecule has 0 bridgehead atoms. The molecule has 0 aliphatic rings. The van der Waals surface area contributed by atoms with E-state index in [-0.39, 0.29) is 23.9 Å². The molecule has 12 nitrogen and oxygen atoms in total. The van der Waals surface area contributed by atoms with Crippen molar-refractivity contribution in [3.63, 3.8) is 0 Å². The number of rotatable bonds is 15. The first kappa shape index (κ1) is 37.3. The molecule has 0 heterocycles. The molecule has 0 aromatic heterocycles. The Kier molecular flexibility index (Phi) is 32.5. The fourth-order valence-electron chi connectivity index (χ4n) is 1.90. The molecule has 31 heavy (non-hydrogen) atoms. The summed E-state index contributed by atoms with van der Waals surface area (Å²) in [6.45, 7) is 1.81. The number of nitrogens with two attached hydrogens (primary N) is 6. The maximum atomic E-state index is 10.1. The van der Waals surface area contributed by atoms with E-state index in [9.17, 15) is 14.4 Å². The zero-order valence-electron chi connectivity index (χ0n) is 18.2. The number of carbonyl (C=O) groups is 3. The van der Waals surface area contributed by atoms with Crippen molar-refractivity contribution in [3.8, 4) is 0 Å². The van der Waals surface area contributed by atoms with Crippen LogP contribution in [0.3, 0.4) is 0 Å². The van der Waals surface area contributed by atoms with E-state index >= 15 is 0 Å². The van der Waals surface area contributed by atoms with E-state index in [4.69, 9.17) is 49.7 Å². The Balaban J connectivity index is -0.000000174. The van der Waals surface area contributed by atoms with Gasteiger partial charge in [-0.3, -0.25) is 14.4 Å². The Hall–Kier alpha value is -1.03. The molecule has 0 rings (SSSR count). The van der Waals surface area contributed by atoms with Crippen LogP contribution < -0.4 is 34.4 Å². The van der Waals surface area contributed by atoms with E-state index in [1.165, 1.54) is 0 Å². The van der Waals surface area contributed by atoms with Gasteiger partial charge in [0.1, 0.15) is 18.1 Å². The van der Waals surface area contributed by atoms with Crippen molar-refractivity contribution in [2.24, 2.45) is 34.4 Å². The number of hydrogen-bond donors (Lipinski definition) is 9. The molecule has 0 saturated carbocycles. The van der Waals surface area contributed by atoms with Gasteiger partial charge in [0.15, 0.2) is 0 Å². The fourth-order valence-corrected chi connectivity index (χ4v) is 1.90. The Bertz CT molecular complexity index is 386. The maximum absolute atomic E-state index is 10.1. The van der Waals surface area contributed by atoms with Gasteiger partial charge in [-0.15, -0.1) is 0 Å². The Morgan fingerprint density at radius 3 is 0.839 bits per heavy atom. The minimum Gasteiger partial charge on any atom is -0.480 e. The third kappa shape index (κ3) is 31.2. The van der Waals surface area contributed by atoms with Crippen LogP contribution in [0.15, 0.2) is 0 Å². The fraction of sp³-hybridized carbons (Fsp3) is 0.833. The largest absolute Gasteiger partial charge is 0.480 e. The van der Waals surface area contributed by atoms with Gasteiger partial charge in [0.2, 0.25) is 0 Å². The first-order valence-corrected chi connectivity index (χ1v) is 10.1. The molecule has 0 aliphatic heterocycles. The van der Waals surface area contributed by atoms with Gasteiger partial charge in [-0.1, -0.05) is 19.3 Å². The maximum Gasteiger partial charge on any atom is 0.320 e. The molecule has 184 valence electrons. The molecule has 0 aromatic rings. The predicted octanol–water partition coefficient (Wildman–Crippen LogP) is -1.80. The van der Waals surface area contributed by atoms with Crippen LogP contribution in [0.5, 0.6) is 0 Å². The second-order valence-electron chi connectivity index (χ2n) is 6.69. The molecule has 15 N–H and O–H groups in total. The summed E-state index contributed by atoms with van der Waals surface area (Å²) in [5.41, 5.74) is 31.3. The van der Waals surface area contributed by atoms with Crippen LogP contribution in [0.25, 0.3) is 0 Å². The van der Waals surface area contributed by atoms with Crippen molar-refractivity contribution in [3.05, 3.63) is 0 Å². The smallest absolute Gasteiger partial charge is 0.320 e. The summed E-state index contributed by atoms with van der Waals surface area (Å²) in [5, 5.41) is 25.0. The van der Waals surface area contributed by atoms with E-state index in [2.05, 4.69) is 0 Å². The van der Waals surface area contributed by atoms with Crippen molar-refractivity contribution < 1.29 is 29.7 Å². The van der Waals surface area contributed by atoms with Crippen molar-refractivity contribution >= 4 is 41.8 Å². The van der Waals surface area contributed by atoms with Crippen LogP contribution in [0.4, 0.5) is 0 Å². The number of carboxylic acid groups (broad SMARTS) is 3. The standard InChI is InChI=1S/3C6H14N2O2.Sn/c3*7-4-2-1-3-5(8)6(9)10;/h3*5H,1-4,7-8H2,(H,9,10);/t3*5-;/m000./s1. The SMILES string of the molecule is NCCCC[C@H](N)C(=O)O.NCCCC[C@H](N)C(=O)O.NCCCC[C@H](N)C(=O)O.[Sn]. The summed E-state index contributed by atoms with van der Waals surface area (Å²) >= 11 is 0. The van der Waals surface area contributed by atoms with Crippen molar-refractivity contribution in [1.29, 1.82) is 0 Å².